The molecule has 5 nitrogen and oxygen atoms in total. The van der Waals surface area contributed by atoms with Crippen LogP contribution in [0.4, 0.5) is 0 Å². The average Bonchev–Trinajstić information content (AvgIpc) is 2.66. The highest BCUT2D eigenvalue weighted by Crippen LogP contribution is 2.32. The molecule has 1 unspecified atom stereocenters. The quantitative estimate of drug-likeness (QED) is 0.563. The summed E-state index contributed by atoms with van der Waals surface area (Å²) in [4.78, 5) is 24.4. The fourth-order valence-electron chi connectivity index (χ4n) is 3.44. The maximum absolute atomic E-state index is 12.5. The maximum Gasteiger partial charge on any atom is 0.256 e. The van der Waals surface area contributed by atoms with Crippen molar-refractivity contribution in [2.75, 3.05) is 0 Å². The van der Waals surface area contributed by atoms with Crippen molar-refractivity contribution in [3.8, 4) is 5.75 Å². The summed E-state index contributed by atoms with van der Waals surface area (Å²) in [6.45, 7) is 4.32. The van der Waals surface area contributed by atoms with E-state index in [9.17, 15) is 14.7 Å². The van der Waals surface area contributed by atoms with E-state index in [1.807, 2.05) is 56.3 Å². The van der Waals surface area contributed by atoms with Gasteiger partial charge < -0.3 is 10.4 Å². The van der Waals surface area contributed by atoms with Crippen LogP contribution in [-0.4, -0.2) is 16.9 Å². The van der Waals surface area contributed by atoms with Gasteiger partial charge in [0.25, 0.3) is 5.91 Å². The molecule has 0 aromatic heterocycles. The summed E-state index contributed by atoms with van der Waals surface area (Å²) in [6, 6.07) is 15.2. The number of amides is 2. The summed E-state index contributed by atoms with van der Waals surface area (Å²) in [5, 5.41) is 15.7. The second-order valence-electron chi connectivity index (χ2n) is 6.75. The van der Waals surface area contributed by atoms with E-state index in [4.69, 9.17) is 0 Å². The van der Waals surface area contributed by atoms with E-state index in [1.165, 1.54) is 0 Å². The first-order valence-corrected chi connectivity index (χ1v) is 9.14. The molecule has 1 fully saturated rings. The Hall–Kier alpha value is -3.08. The second-order valence-corrected chi connectivity index (χ2v) is 6.75. The molecule has 140 valence electrons. The van der Waals surface area contributed by atoms with Crippen LogP contribution in [0.3, 0.4) is 0 Å². The van der Waals surface area contributed by atoms with E-state index in [2.05, 4.69) is 10.6 Å². The lowest BCUT2D eigenvalue weighted by Gasteiger charge is -2.27. The molecule has 0 spiro atoms. The number of benzene rings is 2. The number of carbonyl (C=O) groups is 2. The number of aryl methyl sites for hydroxylation is 1. The molecule has 2 aromatic carbocycles. The predicted molar refractivity (Wildman–Crippen MR) is 104 cm³/mol. The van der Waals surface area contributed by atoms with Crippen LogP contribution in [-0.2, 0) is 22.6 Å². The Bertz CT molecular complexity index is 888. The Morgan fingerprint density at radius 3 is 2.59 bits per heavy atom. The number of piperidine rings is 1. The zero-order valence-electron chi connectivity index (χ0n) is 15.6. The summed E-state index contributed by atoms with van der Waals surface area (Å²) >= 11 is 0. The fraction of sp³-hybridized carbons (Fsp3) is 0.273. The molecule has 0 saturated carbocycles. The van der Waals surface area contributed by atoms with Gasteiger partial charge in [-0.1, -0.05) is 49.4 Å². The van der Waals surface area contributed by atoms with Crippen molar-refractivity contribution in [2.24, 2.45) is 0 Å². The van der Waals surface area contributed by atoms with E-state index in [0.717, 1.165) is 28.8 Å². The maximum atomic E-state index is 12.5. The lowest BCUT2D eigenvalue weighted by Crippen LogP contribution is -2.41. The molecule has 1 atom stereocenters. The second kappa shape index (κ2) is 8.08. The SMILES string of the molecule is CCc1ccc(CN/C(C)=C2\C(=O)NC(=O)CC2c2ccccc2)cc1O. The van der Waals surface area contributed by atoms with Crippen LogP contribution in [0.5, 0.6) is 5.75 Å². The summed E-state index contributed by atoms with van der Waals surface area (Å²) < 4.78 is 0. The minimum atomic E-state index is -0.353. The molecular formula is C22H24N2O3. The summed E-state index contributed by atoms with van der Waals surface area (Å²) in [5.41, 5.74) is 4.08. The Kier molecular flexibility index (Phi) is 5.60. The largest absolute Gasteiger partial charge is 0.508 e. The number of allylic oxidation sites excluding steroid dienone is 1. The number of phenolic OH excluding ortho intramolecular Hbond substituents is 1. The summed E-state index contributed by atoms with van der Waals surface area (Å²) in [5.74, 6) is -0.596. The van der Waals surface area contributed by atoms with Crippen LogP contribution in [0.15, 0.2) is 59.8 Å². The molecular weight excluding hydrogens is 340 g/mol. The van der Waals surface area contributed by atoms with Crippen molar-refractivity contribution in [1.29, 1.82) is 0 Å². The first kappa shape index (κ1) is 18.7. The Morgan fingerprint density at radius 2 is 1.93 bits per heavy atom. The van der Waals surface area contributed by atoms with Gasteiger partial charge in [0, 0.05) is 30.2 Å². The highest BCUT2D eigenvalue weighted by Gasteiger charge is 2.33. The first-order valence-electron chi connectivity index (χ1n) is 9.14. The Balaban J connectivity index is 1.85. The predicted octanol–water partition coefficient (Wildman–Crippen LogP) is 3.15. The third kappa shape index (κ3) is 4.19. The third-order valence-electron chi connectivity index (χ3n) is 4.93. The van der Waals surface area contributed by atoms with Crippen LogP contribution in [0.25, 0.3) is 0 Å². The monoisotopic (exact) mass is 364 g/mol. The van der Waals surface area contributed by atoms with Gasteiger partial charge in [-0.15, -0.1) is 0 Å². The van der Waals surface area contributed by atoms with Crippen molar-refractivity contribution in [3.63, 3.8) is 0 Å². The molecule has 0 aliphatic carbocycles. The van der Waals surface area contributed by atoms with Crippen molar-refractivity contribution in [1.82, 2.24) is 10.6 Å². The minimum Gasteiger partial charge on any atom is -0.508 e. The van der Waals surface area contributed by atoms with Gasteiger partial charge in [0.05, 0.1) is 0 Å². The molecule has 1 aliphatic rings. The normalized spacial score (nSPS) is 18.8. The number of rotatable bonds is 5. The number of aromatic hydroxyl groups is 1. The molecule has 3 N–H and O–H groups in total. The van der Waals surface area contributed by atoms with Crippen LogP contribution >= 0.6 is 0 Å². The molecule has 3 rings (SSSR count). The fourth-order valence-corrected chi connectivity index (χ4v) is 3.44. The summed E-state index contributed by atoms with van der Waals surface area (Å²) in [6.07, 6.45) is 1.02. The molecule has 1 saturated heterocycles. The number of carbonyl (C=O) groups excluding carboxylic acids is 2. The number of nitrogens with one attached hydrogen (secondary N) is 2. The molecule has 0 radical (unpaired) electrons. The number of hydrogen-bond donors (Lipinski definition) is 3. The topological polar surface area (TPSA) is 78.4 Å². The van der Waals surface area contributed by atoms with Crippen LogP contribution < -0.4 is 10.6 Å². The highest BCUT2D eigenvalue weighted by molar-refractivity contribution is 6.09. The molecule has 5 heteroatoms. The zero-order valence-corrected chi connectivity index (χ0v) is 15.6. The number of phenols is 1. The lowest BCUT2D eigenvalue weighted by molar-refractivity contribution is -0.130. The van der Waals surface area contributed by atoms with E-state index in [0.29, 0.717) is 12.1 Å². The zero-order chi connectivity index (χ0) is 19.4. The summed E-state index contributed by atoms with van der Waals surface area (Å²) in [7, 11) is 0. The van der Waals surface area contributed by atoms with E-state index in [1.54, 1.807) is 6.07 Å². The molecule has 27 heavy (non-hydrogen) atoms. The van der Waals surface area contributed by atoms with E-state index < -0.39 is 0 Å². The Labute approximate surface area is 159 Å². The van der Waals surface area contributed by atoms with E-state index in [-0.39, 0.29) is 29.9 Å². The van der Waals surface area contributed by atoms with Gasteiger partial charge in [-0.2, -0.15) is 0 Å². The van der Waals surface area contributed by atoms with Gasteiger partial charge >= 0.3 is 0 Å². The van der Waals surface area contributed by atoms with Gasteiger partial charge in [0.1, 0.15) is 5.75 Å². The molecule has 1 aliphatic heterocycles. The van der Waals surface area contributed by atoms with Gasteiger partial charge in [0.15, 0.2) is 0 Å². The van der Waals surface area contributed by atoms with Crippen molar-refractivity contribution < 1.29 is 14.7 Å². The third-order valence-corrected chi connectivity index (χ3v) is 4.93. The molecule has 1 heterocycles. The van der Waals surface area contributed by atoms with Crippen molar-refractivity contribution in [3.05, 3.63) is 76.5 Å². The van der Waals surface area contributed by atoms with Crippen LogP contribution in [0.2, 0.25) is 0 Å². The van der Waals surface area contributed by atoms with Crippen LogP contribution in [0, 0.1) is 0 Å². The van der Waals surface area contributed by atoms with Gasteiger partial charge in [-0.25, -0.2) is 0 Å². The standard InChI is InChI=1S/C22H24N2O3/c1-3-16-10-9-15(11-19(16)25)13-23-14(2)21-18(12-20(26)24-22(21)27)17-7-5-4-6-8-17/h4-11,18,23,25H,3,12-13H2,1-2H3,(H,24,26,27)/b21-14-. The van der Waals surface area contributed by atoms with Gasteiger partial charge in [-0.05, 0) is 36.1 Å². The van der Waals surface area contributed by atoms with Crippen molar-refractivity contribution >= 4 is 11.8 Å². The van der Waals surface area contributed by atoms with Gasteiger partial charge in [0.2, 0.25) is 5.91 Å². The first-order chi connectivity index (χ1) is 13.0. The van der Waals surface area contributed by atoms with Gasteiger partial charge in [-0.3, -0.25) is 14.9 Å². The van der Waals surface area contributed by atoms with Crippen molar-refractivity contribution in [2.45, 2.75) is 39.2 Å². The molecule has 0 bridgehead atoms. The lowest BCUT2D eigenvalue weighted by atomic mass is 9.84. The smallest absolute Gasteiger partial charge is 0.256 e. The minimum absolute atomic E-state index is 0.246. The number of hydrogen-bond acceptors (Lipinski definition) is 4. The molecule has 2 aromatic rings. The highest BCUT2D eigenvalue weighted by atomic mass is 16.3. The van der Waals surface area contributed by atoms with E-state index >= 15 is 0 Å². The molecule has 2 amide bonds. The van der Waals surface area contributed by atoms with Crippen LogP contribution in [0.1, 0.15) is 42.9 Å². The number of imide groups is 1. The Morgan fingerprint density at radius 1 is 1.19 bits per heavy atom. The average molecular weight is 364 g/mol.